The van der Waals surface area contributed by atoms with E-state index in [1.165, 1.54) is 5.46 Å². The van der Waals surface area contributed by atoms with Crippen molar-refractivity contribution in [3.8, 4) is 0 Å². The minimum atomic E-state index is -0.114. The second kappa shape index (κ2) is 9.33. The topological polar surface area (TPSA) is 50.7 Å². The average Bonchev–Trinajstić information content (AvgIpc) is 2.93. The van der Waals surface area contributed by atoms with Gasteiger partial charge in [-0.05, 0) is 31.2 Å². The van der Waals surface area contributed by atoms with Crippen LogP contribution >= 0.6 is 11.8 Å². The molecule has 0 unspecified atom stereocenters. The van der Waals surface area contributed by atoms with Gasteiger partial charge >= 0.3 is 0 Å². The number of carbonyl (C=O) groups excluding carboxylic acids is 1. The lowest BCUT2D eigenvalue weighted by atomic mass is 9.93. The van der Waals surface area contributed by atoms with Gasteiger partial charge in [-0.1, -0.05) is 59.7 Å². The van der Waals surface area contributed by atoms with E-state index in [1.54, 1.807) is 11.8 Å². The summed E-state index contributed by atoms with van der Waals surface area (Å²) in [7, 11) is 2.08. The van der Waals surface area contributed by atoms with Crippen molar-refractivity contribution in [1.29, 1.82) is 0 Å². The Morgan fingerprint density at radius 3 is 2.67 bits per heavy atom. The van der Waals surface area contributed by atoms with Gasteiger partial charge in [-0.25, -0.2) is 4.99 Å². The second-order valence-electron chi connectivity index (χ2n) is 7.06. The number of hydrogen-bond donors (Lipinski definition) is 1. The fourth-order valence-electron chi connectivity index (χ4n) is 3.30. The highest BCUT2D eigenvalue weighted by Gasteiger charge is 2.19. The summed E-state index contributed by atoms with van der Waals surface area (Å²) in [5, 5.41) is 2.90. The van der Waals surface area contributed by atoms with Gasteiger partial charge in [0.05, 0.1) is 18.0 Å². The van der Waals surface area contributed by atoms with E-state index in [1.807, 2.05) is 37.3 Å². The molecule has 150 valence electrons. The van der Waals surface area contributed by atoms with Gasteiger partial charge in [-0.15, -0.1) is 0 Å². The van der Waals surface area contributed by atoms with E-state index >= 15 is 0 Å². The number of hydrogen-bond acceptors (Lipinski definition) is 4. The number of rotatable bonds is 6. The summed E-state index contributed by atoms with van der Waals surface area (Å²) in [5.41, 5.74) is 5.71. The van der Waals surface area contributed by atoms with Crippen LogP contribution in [0.5, 0.6) is 0 Å². The molecule has 0 fully saturated rings. The van der Waals surface area contributed by atoms with Crippen LogP contribution in [0.25, 0.3) is 0 Å². The maximum atomic E-state index is 12.6. The van der Waals surface area contributed by atoms with Crippen LogP contribution in [-0.2, 0) is 4.74 Å². The summed E-state index contributed by atoms with van der Waals surface area (Å²) < 4.78 is 5.29. The number of carbonyl (C=O) groups is 1. The first-order valence-electron chi connectivity index (χ1n) is 10.1. The summed E-state index contributed by atoms with van der Waals surface area (Å²) >= 11 is 1.68. The molecule has 0 aliphatic carbocycles. The lowest BCUT2D eigenvalue weighted by Crippen LogP contribution is -2.27. The van der Waals surface area contributed by atoms with E-state index in [0.29, 0.717) is 25.3 Å². The molecule has 1 heterocycles. The van der Waals surface area contributed by atoms with Gasteiger partial charge in [0.25, 0.3) is 5.91 Å². The second-order valence-corrected chi connectivity index (χ2v) is 8.14. The first-order valence-corrected chi connectivity index (χ1v) is 10.9. The van der Waals surface area contributed by atoms with Gasteiger partial charge in [-0.2, -0.15) is 0 Å². The highest BCUT2D eigenvalue weighted by atomic mass is 32.2. The van der Waals surface area contributed by atoms with E-state index in [0.717, 1.165) is 32.3 Å². The van der Waals surface area contributed by atoms with E-state index in [4.69, 9.17) is 9.73 Å². The van der Waals surface area contributed by atoms with Gasteiger partial charge in [0.1, 0.15) is 7.85 Å². The third kappa shape index (κ3) is 4.50. The van der Waals surface area contributed by atoms with Crippen molar-refractivity contribution in [3.63, 3.8) is 0 Å². The summed E-state index contributed by atoms with van der Waals surface area (Å²) in [6.07, 6.45) is 0. The Morgan fingerprint density at radius 2 is 1.87 bits per heavy atom. The number of benzene rings is 3. The molecular formula is C24H23BN2O2S. The Labute approximate surface area is 182 Å². The molecule has 0 aromatic heterocycles. The summed E-state index contributed by atoms with van der Waals surface area (Å²) in [6.45, 7) is 3.58. The van der Waals surface area contributed by atoms with E-state index < -0.39 is 0 Å². The number of nitrogens with zero attached hydrogens (tertiary/aromatic N) is 1. The molecule has 0 bridgehead atoms. The standard InChI is InChI=1S/C24H23BN2O2S/c1-2-29-14-13-26-24(28)17-9-12-22-20(15-17)27-23(16-7-10-18(25)11-8-16)19-5-3-4-6-21(19)30-22/h3-12,15H,2,13-14,25H2,1H3,(H,26,28). The van der Waals surface area contributed by atoms with Crippen LogP contribution in [0.4, 0.5) is 5.69 Å². The van der Waals surface area contributed by atoms with Crippen LogP contribution in [0, 0.1) is 0 Å². The quantitative estimate of drug-likeness (QED) is 0.389. The summed E-state index contributed by atoms with van der Waals surface area (Å²) in [4.78, 5) is 19.8. The highest BCUT2D eigenvalue weighted by molar-refractivity contribution is 7.99. The van der Waals surface area contributed by atoms with E-state index in [-0.39, 0.29) is 5.91 Å². The van der Waals surface area contributed by atoms with Crippen molar-refractivity contribution >= 4 is 42.4 Å². The largest absolute Gasteiger partial charge is 0.380 e. The smallest absolute Gasteiger partial charge is 0.251 e. The molecule has 0 radical (unpaired) electrons. The Bertz CT molecular complexity index is 1100. The Morgan fingerprint density at radius 1 is 1.07 bits per heavy atom. The van der Waals surface area contributed by atoms with Crippen molar-refractivity contribution in [2.24, 2.45) is 4.99 Å². The Hall–Kier alpha value is -2.83. The predicted octanol–water partition coefficient (Wildman–Crippen LogP) is 3.35. The van der Waals surface area contributed by atoms with Crippen molar-refractivity contribution in [2.75, 3.05) is 19.8 Å². The highest BCUT2D eigenvalue weighted by Crippen LogP contribution is 2.41. The number of nitrogens with one attached hydrogen (secondary N) is 1. The molecular weight excluding hydrogens is 391 g/mol. The van der Waals surface area contributed by atoms with Crippen LogP contribution in [0.3, 0.4) is 0 Å². The average molecular weight is 414 g/mol. The number of amides is 1. The molecule has 6 heteroatoms. The molecule has 4 nitrogen and oxygen atoms in total. The normalized spacial score (nSPS) is 12.4. The Balaban J connectivity index is 1.72. The van der Waals surface area contributed by atoms with Gasteiger partial charge in [0.2, 0.25) is 0 Å². The molecule has 0 atom stereocenters. The molecule has 0 saturated heterocycles. The molecule has 1 aliphatic heterocycles. The minimum Gasteiger partial charge on any atom is -0.380 e. The lowest BCUT2D eigenvalue weighted by Gasteiger charge is -2.09. The van der Waals surface area contributed by atoms with E-state index in [2.05, 4.69) is 49.6 Å². The van der Waals surface area contributed by atoms with Crippen LogP contribution in [0.2, 0.25) is 0 Å². The van der Waals surface area contributed by atoms with Crippen molar-refractivity contribution in [2.45, 2.75) is 16.7 Å². The van der Waals surface area contributed by atoms with Gasteiger partial charge in [0.15, 0.2) is 0 Å². The molecule has 30 heavy (non-hydrogen) atoms. The fourth-order valence-corrected chi connectivity index (χ4v) is 4.30. The van der Waals surface area contributed by atoms with Crippen molar-refractivity contribution < 1.29 is 9.53 Å². The first-order chi connectivity index (χ1) is 14.7. The zero-order valence-corrected chi connectivity index (χ0v) is 18.0. The molecule has 0 saturated carbocycles. The molecule has 1 aliphatic rings. The third-order valence-electron chi connectivity index (χ3n) is 4.88. The zero-order chi connectivity index (χ0) is 20.9. The van der Waals surface area contributed by atoms with Gasteiger partial charge in [-0.3, -0.25) is 4.79 Å². The molecule has 1 N–H and O–H groups in total. The number of fused-ring (bicyclic) bond motifs is 2. The molecule has 3 aromatic rings. The lowest BCUT2D eigenvalue weighted by molar-refractivity contribution is 0.0922. The monoisotopic (exact) mass is 414 g/mol. The van der Waals surface area contributed by atoms with Crippen LogP contribution in [-0.4, -0.2) is 39.2 Å². The molecule has 0 spiro atoms. The van der Waals surface area contributed by atoms with E-state index in [9.17, 15) is 4.79 Å². The predicted molar refractivity (Wildman–Crippen MR) is 126 cm³/mol. The van der Waals surface area contributed by atoms with Crippen LogP contribution < -0.4 is 10.8 Å². The third-order valence-corrected chi connectivity index (χ3v) is 6.02. The molecule has 4 rings (SSSR count). The maximum Gasteiger partial charge on any atom is 0.251 e. The van der Waals surface area contributed by atoms with Gasteiger partial charge in [0, 0.05) is 39.6 Å². The summed E-state index contributed by atoms with van der Waals surface area (Å²) in [5.74, 6) is -0.114. The number of ether oxygens (including phenoxy) is 1. The SMILES string of the molecule is Bc1ccc(C2=Nc3cc(C(=O)NCCOCC)ccc3Sc3ccccc32)cc1. The number of aliphatic imine (C=N–C) groups is 1. The van der Waals surface area contributed by atoms with Crippen molar-refractivity contribution in [3.05, 3.63) is 83.4 Å². The first kappa shape index (κ1) is 20.4. The minimum absolute atomic E-state index is 0.114. The zero-order valence-electron chi connectivity index (χ0n) is 17.1. The maximum absolute atomic E-state index is 12.6. The van der Waals surface area contributed by atoms with Crippen molar-refractivity contribution in [1.82, 2.24) is 5.32 Å². The Kier molecular flexibility index (Phi) is 6.36. The van der Waals surface area contributed by atoms with Crippen LogP contribution in [0.1, 0.15) is 28.4 Å². The molecule has 3 aromatic carbocycles. The fraction of sp³-hybridized carbons (Fsp3) is 0.167. The van der Waals surface area contributed by atoms with Gasteiger partial charge < -0.3 is 10.1 Å². The molecule has 1 amide bonds. The van der Waals surface area contributed by atoms with Crippen LogP contribution in [0.15, 0.2) is 81.5 Å². The summed E-state index contributed by atoms with van der Waals surface area (Å²) in [6, 6.07) is 22.4.